The van der Waals surface area contributed by atoms with E-state index < -0.39 is 0 Å². The Labute approximate surface area is 180 Å². The fraction of sp³-hybridized carbons (Fsp3) is 0.364. The average molecular weight is 432 g/mol. The van der Waals surface area contributed by atoms with Crippen molar-refractivity contribution in [3.05, 3.63) is 58.1 Å². The predicted octanol–water partition coefficient (Wildman–Crippen LogP) is 4.38. The van der Waals surface area contributed by atoms with Gasteiger partial charge in [-0.25, -0.2) is 0 Å². The van der Waals surface area contributed by atoms with Crippen LogP contribution in [0.15, 0.2) is 42.5 Å². The summed E-state index contributed by atoms with van der Waals surface area (Å²) in [6.07, 6.45) is 3.56. The Morgan fingerprint density at radius 2 is 1.90 bits per heavy atom. The summed E-state index contributed by atoms with van der Waals surface area (Å²) in [7, 11) is 0. The lowest BCUT2D eigenvalue weighted by Crippen LogP contribution is -2.47. The molecule has 2 aliphatic heterocycles. The molecule has 1 saturated heterocycles. The van der Waals surface area contributed by atoms with Gasteiger partial charge in [-0.15, -0.1) is 0 Å². The smallest absolute Gasteiger partial charge is 0.241 e. The van der Waals surface area contributed by atoms with Gasteiger partial charge in [-0.05, 0) is 62.1 Å². The van der Waals surface area contributed by atoms with Crippen molar-refractivity contribution in [3.63, 3.8) is 0 Å². The molecule has 0 unspecified atom stereocenters. The van der Waals surface area contributed by atoms with Gasteiger partial charge < -0.3 is 10.2 Å². The number of carbonyl (C=O) groups excluding carboxylic acids is 2. The molecule has 0 radical (unpaired) electrons. The monoisotopic (exact) mass is 431 g/mol. The summed E-state index contributed by atoms with van der Waals surface area (Å²) in [4.78, 5) is 29.7. The van der Waals surface area contributed by atoms with Gasteiger partial charge in [-0.3, -0.25) is 14.5 Å². The number of aryl methyl sites for hydroxylation is 1. The van der Waals surface area contributed by atoms with E-state index in [2.05, 4.69) is 11.4 Å². The quantitative estimate of drug-likeness (QED) is 0.781. The molecule has 2 heterocycles. The molecule has 29 heavy (non-hydrogen) atoms. The van der Waals surface area contributed by atoms with E-state index in [1.165, 1.54) is 5.56 Å². The van der Waals surface area contributed by atoms with E-state index in [9.17, 15) is 9.59 Å². The molecular formula is C22H23Cl2N3O2. The molecule has 5 nitrogen and oxygen atoms in total. The number of nitrogens with zero attached hydrogens (tertiary/aromatic N) is 2. The summed E-state index contributed by atoms with van der Waals surface area (Å²) in [6, 6.07) is 12.7. The van der Waals surface area contributed by atoms with Gasteiger partial charge >= 0.3 is 0 Å². The lowest BCUT2D eigenvalue weighted by atomic mass is 10.0. The summed E-state index contributed by atoms with van der Waals surface area (Å²) in [6.45, 7) is 1.69. The summed E-state index contributed by atoms with van der Waals surface area (Å²) in [5, 5.41) is 3.80. The molecule has 4 rings (SSSR count). The number of rotatable bonds is 4. The number of para-hydroxylation sites is 1. The number of nitrogens with one attached hydrogen (secondary N) is 1. The Kier molecular flexibility index (Phi) is 6.09. The van der Waals surface area contributed by atoms with Crippen molar-refractivity contribution in [2.45, 2.75) is 31.7 Å². The van der Waals surface area contributed by atoms with Crippen LogP contribution in [0.3, 0.4) is 0 Å². The first kappa shape index (κ1) is 20.2. The molecule has 2 aromatic rings. The summed E-state index contributed by atoms with van der Waals surface area (Å²) < 4.78 is 0. The van der Waals surface area contributed by atoms with Crippen LogP contribution in [0.25, 0.3) is 0 Å². The third-order valence-electron chi connectivity index (χ3n) is 5.60. The Bertz CT molecular complexity index is 934. The number of hydrogen-bond donors (Lipinski definition) is 1. The highest BCUT2D eigenvalue weighted by molar-refractivity contribution is 6.36. The summed E-state index contributed by atoms with van der Waals surface area (Å²) >= 11 is 12.1. The van der Waals surface area contributed by atoms with E-state index in [0.717, 1.165) is 44.5 Å². The SMILES string of the molecule is O=C(Nc1ccc(Cl)cc1Cl)[C@@H]1CCCN1CC(=O)N1CCCc2ccccc21. The van der Waals surface area contributed by atoms with Crippen LogP contribution < -0.4 is 10.2 Å². The number of benzene rings is 2. The zero-order valence-electron chi connectivity index (χ0n) is 16.0. The van der Waals surface area contributed by atoms with E-state index in [-0.39, 0.29) is 24.4 Å². The molecule has 1 N–H and O–H groups in total. The molecule has 7 heteroatoms. The maximum Gasteiger partial charge on any atom is 0.241 e. The predicted molar refractivity (Wildman–Crippen MR) is 117 cm³/mol. The number of fused-ring (bicyclic) bond motifs is 1. The van der Waals surface area contributed by atoms with Crippen LogP contribution in [0.1, 0.15) is 24.8 Å². The molecule has 2 aromatic carbocycles. The van der Waals surface area contributed by atoms with Crippen molar-refractivity contribution in [1.82, 2.24) is 4.90 Å². The normalized spacial score (nSPS) is 19.1. The van der Waals surface area contributed by atoms with Crippen LogP contribution in [-0.2, 0) is 16.0 Å². The van der Waals surface area contributed by atoms with Crippen LogP contribution in [-0.4, -0.2) is 42.4 Å². The fourth-order valence-corrected chi connectivity index (χ4v) is 4.63. The Hall–Kier alpha value is -2.08. The highest BCUT2D eigenvalue weighted by atomic mass is 35.5. The molecule has 2 aliphatic rings. The first-order chi connectivity index (χ1) is 14.0. The van der Waals surface area contributed by atoms with E-state index >= 15 is 0 Å². The third-order valence-corrected chi connectivity index (χ3v) is 6.15. The molecule has 152 valence electrons. The van der Waals surface area contributed by atoms with Gasteiger partial charge in [0.15, 0.2) is 0 Å². The van der Waals surface area contributed by atoms with Gasteiger partial charge in [0.25, 0.3) is 0 Å². The molecule has 0 saturated carbocycles. The van der Waals surface area contributed by atoms with Gasteiger partial charge in [-0.1, -0.05) is 41.4 Å². The molecule has 0 bridgehead atoms. The Morgan fingerprint density at radius 1 is 1.07 bits per heavy atom. The zero-order chi connectivity index (χ0) is 20.4. The number of anilines is 2. The van der Waals surface area contributed by atoms with Gasteiger partial charge in [0, 0.05) is 17.3 Å². The number of halogens is 2. The first-order valence-corrected chi connectivity index (χ1v) is 10.7. The van der Waals surface area contributed by atoms with Crippen LogP contribution in [0.4, 0.5) is 11.4 Å². The van der Waals surface area contributed by atoms with Crippen molar-refractivity contribution in [2.75, 3.05) is 29.9 Å². The van der Waals surface area contributed by atoms with Gasteiger partial charge in [-0.2, -0.15) is 0 Å². The van der Waals surface area contributed by atoms with Gasteiger partial charge in [0.05, 0.1) is 23.3 Å². The Balaban J connectivity index is 1.43. The minimum Gasteiger partial charge on any atom is -0.323 e. The molecule has 1 fully saturated rings. The highest BCUT2D eigenvalue weighted by Gasteiger charge is 2.34. The first-order valence-electron chi connectivity index (χ1n) is 9.91. The minimum atomic E-state index is -0.342. The standard InChI is InChI=1S/C22H23Cl2N3O2/c23-16-9-10-18(17(24)13-16)25-22(29)20-8-4-11-26(20)14-21(28)27-12-3-6-15-5-1-2-7-19(15)27/h1-2,5,7,9-10,13,20H,3-4,6,8,11-12,14H2,(H,25,29)/t20-/m0/s1. The van der Waals surface area contributed by atoms with Crippen LogP contribution >= 0.6 is 23.2 Å². The number of carbonyl (C=O) groups is 2. The summed E-state index contributed by atoms with van der Waals surface area (Å²) in [5.74, 6) is -0.0973. The topological polar surface area (TPSA) is 52.7 Å². The second kappa shape index (κ2) is 8.74. The van der Waals surface area contributed by atoms with Crippen molar-refractivity contribution >= 4 is 46.4 Å². The second-order valence-electron chi connectivity index (χ2n) is 7.52. The van der Waals surface area contributed by atoms with E-state index in [1.807, 2.05) is 28.0 Å². The largest absolute Gasteiger partial charge is 0.323 e. The van der Waals surface area contributed by atoms with Crippen molar-refractivity contribution in [1.29, 1.82) is 0 Å². The Morgan fingerprint density at radius 3 is 2.72 bits per heavy atom. The molecular weight excluding hydrogens is 409 g/mol. The lowest BCUT2D eigenvalue weighted by molar-refractivity contribution is -0.123. The number of amides is 2. The van der Waals surface area contributed by atoms with Crippen molar-refractivity contribution < 1.29 is 9.59 Å². The molecule has 0 aliphatic carbocycles. The van der Waals surface area contributed by atoms with Gasteiger partial charge in [0.2, 0.25) is 11.8 Å². The van der Waals surface area contributed by atoms with Crippen LogP contribution in [0.5, 0.6) is 0 Å². The molecule has 0 aromatic heterocycles. The zero-order valence-corrected chi connectivity index (χ0v) is 17.5. The van der Waals surface area contributed by atoms with Gasteiger partial charge in [0.1, 0.15) is 0 Å². The van der Waals surface area contributed by atoms with E-state index in [0.29, 0.717) is 15.7 Å². The molecule has 1 atom stereocenters. The van der Waals surface area contributed by atoms with Crippen molar-refractivity contribution in [2.24, 2.45) is 0 Å². The lowest BCUT2D eigenvalue weighted by Gasteiger charge is -2.32. The maximum atomic E-state index is 13.1. The third kappa shape index (κ3) is 4.42. The van der Waals surface area contributed by atoms with Crippen molar-refractivity contribution in [3.8, 4) is 0 Å². The van der Waals surface area contributed by atoms with E-state index in [1.54, 1.807) is 18.2 Å². The van der Waals surface area contributed by atoms with E-state index in [4.69, 9.17) is 23.2 Å². The minimum absolute atomic E-state index is 0.0429. The summed E-state index contributed by atoms with van der Waals surface area (Å²) in [5.41, 5.74) is 2.74. The average Bonchev–Trinajstić information content (AvgIpc) is 3.17. The maximum absolute atomic E-state index is 13.1. The molecule has 0 spiro atoms. The van der Waals surface area contributed by atoms with Crippen LogP contribution in [0.2, 0.25) is 10.0 Å². The van der Waals surface area contributed by atoms with Crippen LogP contribution in [0, 0.1) is 0 Å². The second-order valence-corrected chi connectivity index (χ2v) is 8.36. The highest BCUT2D eigenvalue weighted by Crippen LogP contribution is 2.29. The number of hydrogen-bond acceptors (Lipinski definition) is 3. The fourth-order valence-electron chi connectivity index (χ4n) is 4.17. The molecule has 2 amide bonds. The number of likely N-dealkylation sites (tertiary alicyclic amines) is 1.